The van der Waals surface area contributed by atoms with E-state index in [2.05, 4.69) is 12.2 Å². The number of rotatable bonds is 4. The Morgan fingerprint density at radius 3 is 3.00 bits per heavy atom. The SMILES string of the molecule is CC1CCCCC1OCCNC(=O)N1CCc2ccc(O)cc2C1. The molecule has 0 radical (unpaired) electrons. The maximum Gasteiger partial charge on any atom is 0.317 e. The van der Waals surface area contributed by atoms with Crippen LogP contribution in [0.15, 0.2) is 18.2 Å². The van der Waals surface area contributed by atoms with Crippen LogP contribution in [0.2, 0.25) is 0 Å². The van der Waals surface area contributed by atoms with E-state index in [0.29, 0.717) is 38.3 Å². The summed E-state index contributed by atoms with van der Waals surface area (Å²) in [6, 6.07) is 5.35. The molecular weight excluding hydrogens is 304 g/mol. The van der Waals surface area contributed by atoms with Crippen molar-refractivity contribution in [3.63, 3.8) is 0 Å². The van der Waals surface area contributed by atoms with Gasteiger partial charge in [0.15, 0.2) is 0 Å². The summed E-state index contributed by atoms with van der Waals surface area (Å²) in [4.78, 5) is 14.1. The highest BCUT2D eigenvalue weighted by Gasteiger charge is 2.23. The van der Waals surface area contributed by atoms with E-state index in [9.17, 15) is 9.90 Å². The first-order valence-corrected chi connectivity index (χ1v) is 9.08. The average molecular weight is 332 g/mol. The molecule has 0 aromatic heterocycles. The van der Waals surface area contributed by atoms with Crippen molar-refractivity contribution in [2.45, 2.75) is 51.7 Å². The smallest absolute Gasteiger partial charge is 0.317 e. The molecule has 1 aliphatic carbocycles. The number of ether oxygens (including phenoxy) is 1. The molecule has 2 aliphatic rings. The fourth-order valence-corrected chi connectivity index (χ4v) is 3.73. The monoisotopic (exact) mass is 332 g/mol. The van der Waals surface area contributed by atoms with Crippen molar-refractivity contribution in [1.29, 1.82) is 0 Å². The molecule has 132 valence electrons. The van der Waals surface area contributed by atoms with E-state index in [-0.39, 0.29) is 11.8 Å². The van der Waals surface area contributed by atoms with Gasteiger partial charge in [0.2, 0.25) is 0 Å². The van der Waals surface area contributed by atoms with Crippen molar-refractivity contribution >= 4 is 6.03 Å². The molecule has 0 saturated heterocycles. The van der Waals surface area contributed by atoms with Gasteiger partial charge in [-0.3, -0.25) is 0 Å². The molecule has 0 bridgehead atoms. The van der Waals surface area contributed by atoms with Crippen molar-refractivity contribution in [2.24, 2.45) is 5.92 Å². The van der Waals surface area contributed by atoms with Gasteiger partial charge in [0.05, 0.1) is 12.7 Å². The molecule has 1 aliphatic heterocycles. The zero-order valence-electron chi connectivity index (χ0n) is 14.5. The van der Waals surface area contributed by atoms with E-state index in [0.717, 1.165) is 18.4 Å². The molecule has 5 nitrogen and oxygen atoms in total. The Morgan fingerprint density at radius 2 is 2.17 bits per heavy atom. The van der Waals surface area contributed by atoms with E-state index in [4.69, 9.17) is 4.74 Å². The summed E-state index contributed by atoms with van der Waals surface area (Å²) in [7, 11) is 0. The summed E-state index contributed by atoms with van der Waals surface area (Å²) in [6.45, 7) is 4.64. The van der Waals surface area contributed by atoms with Crippen LogP contribution in [-0.4, -0.2) is 41.8 Å². The molecule has 5 heteroatoms. The molecule has 1 aromatic rings. The number of benzene rings is 1. The number of nitrogens with one attached hydrogen (secondary N) is 1. The van der Waals surface area contributed by atoms with Crippen LogP contribution >= 0.6 is 0 Å². The summed E-state index contributed by atoms with van der Waals surface area (Å²) in [5.41, 5.74) is 2.25. The Kier molecular flexibility index (Phi) is 5.61. The number of phenolic OH excluding ortho intramolecular Hbond substituents is 1. The number of hydrogen-bond acceptors (Lipinski definition) is 3. The summed E-state index contributed by atoms with van der Waals surface area (Å²) >= 11 is 0. The standard InChI is InChI=1S/C19H28N2O3/c1-14-4-2-3-5-18(14)24-11-9-20-19(23)21-10-8-15-6-7-17(22)12-16(15)13-21/h6-7,12,14,18,22H,2-5,8-11,13H2,1H3,(H,20,23). The van der Waals surface area contributed by atoms with Crippen molar-refractivity contribution in [3.8, 4) is 5.75 Å². The average Bonchev–Trinajstić information content (AvgIpc) is 2.59. The Balaban J connectivity index is 1.41. The Morgan fingerprint density at radius 1 is 1.33 bits per heavy atom. The molecule has 1 saturated carbocycles. The van der Waals surface area contributed by atoms with Crippen LogP contribution in [-0.2, 0) is 17.7 Å². The number of phenols is 1. The fraction of sp³-hybridized carbons (Fsp3) is 0.632. The van der Waals surface area contributed by atoms with E-state index in [1.807, 2.05) is 6.07 Å². The van der Waals surface area contributed by atoms with Gasteiger partial charge in [-0.15, -0.1) is 0 Å². The first-order valence-electron chi connectivity index (χ1n) is 9.08. The van der Waals surface area contributed by atoms with E-state index in [1.165, 1.54) is 24.8 Å². The van der Waals surface area contributed by atoms with Crippen LogP contribution in [0.5, 0.6) is 5.75 Å². The quantitative estimate of drug-likeness (QED) is 0.833. The lowest BCUT2D eigenvalue weighted by Crippen LogP contribution is -2.44. The van der Waals surface area contributed by atoms with Crippen molar-refractivity contribution in [3.05, 3.63) is 29.3 Å². The molecule has 1 heterocycles. The van der Waals surface area contributed by atoms with Gasteiger partial charge < -0.3 is 20.1 Å². The molecule has 1 aromatic carbocycles. The predicted molar refractivity (Wildman–Crippen MR) is 93.0 cm³/mol. The van der Waals surface area contributed by atoms with Crippen LogP contribution in [0.4, 0.5) is 4.79 Å². The summed E-state index contributed by atoms with van der Waals surface area (Å²) in [5, 5.41) is 12.5. The zero-order chi connectivity index (χ0) is 16.9. The molecule has 2 atom stereocenters. The van der Waals surface area contributed by atoms with Gasteiger partial charge in [0, 0.05) is 19.6 Å². The number of hydrogen-bond donors (Lipinski definition) is 2. The van der Waals surface area contributed by atoms with E-state index in [1.54, 1.807) is 17.0 Å². The van der Waals surface area contributed by atoms with E-state index < -0.39 is 0 Å². The second-order valence-corrected chi connectivity index (χ2v) is 7.03. The minimum atomic E-state index is -0.0516. The summed E-state index contributed by atoms with van der Waals surface area (Å²) in [5.74, 6) is 0.881. The molecule has 1 fully saturated rings. The van der Waals surface area contributed by atoms with Gasteiger partial charge in [-0.2, -0.15) is 0 Å². The highest BCUT2D eigenvalue weighted by Crippen LogP contribution is 2.26. The second-order valence-electron chi connectivity index (χ2n) is 7.03. The fourth-order valence-electron chi connectivity index (χ4n) is 3.73. The number of amides is 2. The summed E-state index contributed by atoms with van der Waals surface area (Å²) in [6.07, 6.45) is 6.13. The normalized spacial score (nSPS) is 23.6. The van der Waals surface area contributed by atoms with Gasteiger partial charge in [-0.25, -0.2) is 4.79 Å². The van der Waals surface area contributed by atoms with Crippen LogP contribution < -0.4 is 5.32 Å². The zero-order valence-corrected chi connectivity index (χ0v) is 14.5. The molecular formula is C19H28N2O3. The number of urea groups is 1. The Hall–Kier alpha value is -1.75. The van der Waals surface area contributed by atoms with Crippen molar-refractivity contribution < 1.29 is 14.6 Å². The number of fused-ring (bicyclic) bond motifs is 1. The largest absolute Gasteiger partial charge is 0.508 e. The van der Waals surface area contributed by atoms with Crippen LogP contribution in [0.1, 0.15) is 43.7 Å². The van der Waals surface area contributed by atoms with Crippen LogP contribution in [0, 0.1) is 5.92 Å². The van der Waals surface area contributed by atoms with Gasteiger partial charge >= 0.3 is 6.03 Å². The van der Waals surface area contributed by atoms with Gasteiger partial charge in [0.1, 0.15) is 5.75 Å². The molecule has 0 spiro atoms. The Labute approximate surface area is 144 Å². The van der Waals surface area contributed by atoms with Gasteiger partial charge in [-0.05, 0) is 48.4 Å². The maximum atomic E-state index is 12.3. The first-order chi connectivity index (χ1) is 11.6. The first kappa shape index (κ1) is 17.1. The molecule has 2 N–H and O–H groups in total. The third kappa shape index (κ3) is 4.20. The molecule has 24 heavy (non-hydrogen) atoms. The van der Waals surface area contributed by atoms with Gasteiger partial charge in [0.25, 0.3) is 0 Å². The van der Waals surface area contributed by atoms with Crippen LogP contribution in [0.3, 0.4) is 0 Å². The molecule has 2 unspecified atom stereocenters. The number of carbonyl (C=O) groups is 1. The topological polar surface area (TPSA) is 61.8 Å². The third-order valence-corrected chi connectivity index (χ3v) is 5.23. The van der Waals surface area contributed by atoms with Crippen molar-refractivity contribution in [1.82, 2.24) is 10.2 Å². The molecule has 3 rings (SSSR count). The predicted octanol–water partition coefficient (Wildman–Crippen LogP) is 3.06. The maximum absolute atomic E-state index is 12.3. The van der Waals surface area contributed by atoms with E-state index >= 15 is 0 Å². The highest BCUT2D eigenvalue weighted by atomic mass is 16.5. The third-order valence-electron chi connectivity index (χ3n) is 5.23. The number of carbonyl (C=O) groups excluding carboxylic acids is 1. The van der Waals surface area contributed by atoms with Crippen LogP contribution in [0.25, 0.3) is 0 Å². The number of aromatic hydroxyl groups is 1. The number of nitrogens with zero attached hydrogens (tertiary/aromatic N) is 1. The van der Waals surface area contributed by atoms with Crippen molar-refractivity contribution in [2.75, 3.05) is 19.7 Å². The second kappa shape index (κ2) is 7.88. The minimum Gasteiger partial charge on any atom is -0.508 e. The lowest BCUT2D eigenvalue weighted by atomic mass is 9.88. The summed E-state index contributed by atoms with van der Waals surface area (Å²) < 4.78 is 5.94. The Bertz CT molecular complexity index is 576. The molecule has 2 amide bonds. The van der Waals surface area contributed by atoms with Gasteiger partial charge in [-0.1, -0.05) is 25.8 Å². The lowest BCUT2D eigenvalue weighted by molar-refractivity contribution is -0.00274. The highest BCUT2D eigenvalue weighted by molar-refractivity contribution is 5.74. The lowest BCUT2D eigenvalue weighted by Gasteiger charge is -2.30. The minimum absolute atomic E-state index is 0.0516.